The Morgan fingerprint density at radius 1 is 1.10 bits per heavy atom. The molecular formula is C22H28N2O6. The zero-order valence-corrected chi connectivity index (χ0v) is 17.7. The molecule has 1 unspecified atom stereocenters. The van der Waals surface area contributed by atoms with E-state index >= 15 is 0 Å². The van der Waals surface area contributed by atoms with E-state index in [-0.39, 0.29) is 18.3 Å². The number of ether oxygens (including phenoxy) is 4. The third-order valence-corrected chi connectivity index (χ3v) is 4.58. The Labute approximate surface area is 176 Å². The van der Waals surface area contributed by atoms with Crippen molar-refractivity contribution in [3.63, 3.8) is 0 Å². The third kappa shape index (κ3) is 6.66. The van der Waals surface area contributed by atoms with Crippen LogP contribution in [-0.4, -0.2) is 51.9 Å². The van der Waals surface area contributed by atoms with Crippen molar-refractivity contribution in [2.45, 2.75) is 12.8 Å². The van der Waals surface area contributed by atoms with E-state index < -0.39 is 5.97 Å². The van der Waals surface area contributed by atoms with Crippen molar-refractivity contribution in [2.24, 2.45) is 5.92 Å². The molecule has 1 heterocycles. The van der Waals surface area contributed by atoms with Crippen molar-refractivity contribution in [3.8, 4) is 11.5 Å². The molecule has 0 bridgehead atoms. The van der Waals surface area contributed by atoms with E-state index in [1.807, 2.05) is 36.7 Å². The van der Waals surface area contributed by atoms with Crippen molar-refractivity contribution in [1.29, 1.82) is 0 Å². The lowest BCUT2D eigenvalue weighted by molar-refractivity contribution is -0.141. The minimum atomic E-state index is -0.463. The number of nitrogens with zero attached hydrogens (tertiary/aromatic N) is 1. The van der Waals surface area contributed by atoms with E-state index in [1.165, 1.54) is 20.3 Å². The Bertz CT molecular complexity index is 831. The highest BCUT2D eigenvalue weighted by Gasteiger charge is 2.19. The molecule has 30 heavy (non-hydrogen) atoms. The lowest BCUT2D eigenvalue weighted by atomic mass is 9.94. The number of allylic oxidation sites excluding steroid dienone is 3. The molecule has 1 atom stereocenters. The van der Waals surface area contributed by atoms with Gasteiger partial charge >= 0.3 is 11.9 Å². The summed E-state index contributed by atoms with van der Waals surface area (Å²) in [6, 6.07) is 5.81. The molecule has 0 radical (unpaired) electrons. The van der Waals surface area contributed by atoms with E-state index in [9.17, 15) is 9.59 Å². The van der Waals surface area contributed by atoms with Gasteiger partial charge in [-0.05, 0) is 35.8 Å². The highest BCUT2D eigenvalue weighted by Crippen LogP contribution is 2.28. The minimum absolute atomic E-state index is 0.184. The standard InChI is InChI=1S/C22H28N2O6/c1-27-19-7-5-16(13-20(19)28-2)9-11-23-24-12-10-17(14-22(26)30-4)18(15-24)6-8-21(25)29-3/h5-8,10,12-13,15,17,23H,9,11,14H2,1-4H3/b8-6+. The molecule has 0 aliphatic carbocycles. The summed E-state index contributed by atoms with van der Waals surface area (Å²) in [6.07, 6.45) is 9.49. The van der Waals surface area contributed by atoms with Gasteiger partial charge < -0.3 is 18.9 Å². The zero-order valence-electron chi connectivity index (χ0n) is 17.7. The summed E-state index contributed by atoms with van der Waals surface area (Å²) < 4.78 is 20.0. The lowest BCUT2D eigenvalue weighted by Gasteiger charge is -2.26. The Kier molecular flexibility index (Phi) is 8.96. The van der Waals surface area contributed by atoms with Gasteiger partial charge in [-0.25, -0.2) is 10.2 Å². The van der Waals surface area contributed by atoms with Gasteiger partial charge in [0.1, 0.15) is 0 Å². The molecule has 8 nitrogen and oxygen atoms in total. The maximum atomic E-state index is 11.7. The van der Waals surface area contributed by atoms with E-state index in [1.54, 1.807) is 25.3 Å². The molecule has 0 saturated carbocycles. The zero-order chi connectivity index (χ0) is 21.9. The Morgan fingerprint density at radius 2 is 1.87 bits per heavy atom. The Hall–Kier alpha value is -3.26. The predicted molar refractivity (Wildman–Crippen MR) is 112 cm³/mol. The highest BCUT2D eigenvalue weighted by molar-refractivity contribution is 5.82. The molecule has 0 fully saturated rings. The predicted octanol–water partition coefficient (Wildman–Crippen LogP) is 2.37. The molecule has 8 heteroatoms. The average molecular weight is 416 g/mol. The van der Waals surface area contributed by atoms with Gasteiger partial charge in [0.05, 0.1) is 34.9 Å². The van der Waals surface area contributed by atoms with Crippen LogP contribution in [0.25, 0.3) is 0 Å². The van der Waals surface area contributed by atoms with E-state index in [4.69, 9.17) is 14.2 Å². The summed E-state index contributed by atoms with van der Waals surface area (Å²) in [6.45, 7) is 0.659. The normalized spacial score (nSPS) is 15.7. The van der Waals surface area contributed by atoms with Gasteiger partial charge in [-0.15, -0.1) is 0 Å². The Balaban J connectivity index is 2.02. The van der Waals surface area contributed by atoms with Crippen LogP contribution in [0.5, 0.6) is 11.5 Å². The van der Waals surface area contributed by atoms with Crippen LogP contribution < -0.4 is 14.9 Å². The second-order valence-electron chi connectivity index (χ2n) is 6.47. The summed E-state index contributed by atoms with van der Waals surface area (Å²) in [5, 5.41) is 1.80. The van der Waals surface area contributed by atoms with Crippen molar-refractivity contribution in [3.05, 3.63) is 60.0 Å². The fraction of sp³-hybridized carbons (Fsp3) is 0.364. The summed E-state index contributed by atoms with van der Waals surface area (Å²) in [5.41, 5.74) is 5.17. The largest absolute Gasteiger partial charge is 0.493 e. The van der Waals surface area contributed by atoms with Gasteiger partial charge in [-0.1, -0.05) is 12.1 Å². The van der Waals surface area contributed by atoms with Crippen molar-refractivity contribution < 1.29 is 28.5 Å². The molecule has 1 N–H and O–H groups in total. The molecular weight excluding hydrogens is 388 g/mol. The van der Waals surface area contributed by atoms with Gasteiger partial charge in [0.2, 0.25) is 0 Å². The van der Waals surface area contributed by atoms with Crippen molar-refractivity contribution in [2.75, 3.05) is 35.0 Å². The molecule has 0 aromatic heterocycles. The van der Waals surface area contributed by atoms with Crippen LogP contribution in [0.15, 0.2) is 54.4 Å². The summed E-state index contributed by atoms with van der Waals surface area (Å²) >= 11 is 0. The monoisotopic (exact) mass is 416 g/mol. The van der Waals surface area contributed by atoms with Crippen molar-refractivity contribution >= 4 is 11.9 Å². The molecule has 0 spiro atoms. The number of rotatable bonds is 10. The maximum Gasteiger partial charge on any atom is 0.330 e. The second-order valence-corrected chi connectivity index (χ2v) is 6.47. The lowest BCUT2D eigenvalue weighted by Crippen LogP contribution is -2.33. The molecule has 1 aromatic carbocycles. The fourth-order valence-electron chi connectivity index (χ4n) is 2.92. The van der Waals surface area contributed by atoms with Gasteiger partial charge in [-0.2, -0.15) is 0 Å². The topological polar surface area (TPSA) is 86.3 Å². The molecule has 1 aromatic rings. The van der Waals surface area contributed by atoms with E-state index in [0.717, 1.165) is 17.6 Å². The highest BCUT2D eigenvalue weighted by atomic mass is 16.5. The SMILES string of the molecule is COC(=O)/C=C/C1=CN(NCCc2ccc(OC)c(OC)c2)C=CC1CC(=O)OC. The second kappa shape index (κ2) is 11.7. The number of esters is 2. The summed E-state index contributed by atoms with van der Waals surface area (Å²) in [5.74, 6) is 0.401. The van der Waals surface area contributed by atoms with Crippen molar-refractivity contribution in [1.82, 2.24) is 10.4 Å². The molecule has 2 rings (SSSR count). The van der Waals surface area contributed by atoms with E-state index in [0.29, 0.717) is 18.0 Å². The quantitative estimate of drug-likeness (QED) is 0.460. The number of carbonyl (C=O) groups is 2. The number of benzene rings is 1. The van der Waals surface area contributed by atoms with Crippen LogP contribution >= 0.6 is 0 Å². The van der Waals surface area contributed by atoms with Crippen LogP contribution in [0.2, 0.25) is 0 Å². The molecule has 0 amide bonds. The van der Waals surface area contributed by atoms with Gasteiger partial charge in [0, 0.05) is 30.9 Å². The summed E-state index contributed by atoms with van der Waals surface area (Å²) in [7, 11) is 5.88. The van der Waals surface area contributed by atoms with Gasteiger partial charge in [0.15, 0.2) is 11.5 Å². The molecule has 1 aliphatic rings. The number of methoxy groups -OCH3 is 4. The number of hydrogen-bond acceptors (Lipinski definition) is 8. The maximum absolute atomic E-state index is 11.7. The number of hydrazine groups is 1. The van der Waals surface area contributed by atoms with Crippen LogP contribution in [0.4, 0.5) is 0 Å². The van der Waals surface area contributed by atoms with Crippen LogP contribution in [0.1, 0.15) is 12.0 Å². The number of nitrogens with one attached hydrogen (secondary N) is 1. The van der Waals surface area contributed by atoms with E-state index in [2.05, 4.69) is 10.2 Å². The minimum Gasteiger partial charge on any atom is -0.493 e. The molecule has 0 saturated heterocycles. The van der Waals surface area contributed by atoms with Crippen LogP contribution in [0, 0.1) is 5.92 Å². The van der Waals surface area contributed by atoms with Crippen LogP contribution in [-0.2, 0) is 25.5 Å². The smallest absolute Gasteiger partial charge is 0.330 e. The molecule has 162 valence electrons. The van der Waals surface area contributed by atoms with Crippen LogP contribution in [0.3, 0.4) is 0 Å². The fourth-order valence-corrected chi connectivity index (χ4v) is 2.92. The first-order chi connectivity index (χ1) is 14.5. The first kappa shape index (κ1) is 23.0. The number of hydrogen-bond donors (Lipinski definition) is 1. The molecule has 1 aliphatic heterocycles. The first-order valence-electron chi connectivity index (χ1n) is 9.46. The summed E-state index contributed by atoms with van der Waals surface area (Å²) in [4.78, 5) is 23.1. The van der Waals surface area contributed by atoms with Gasteiger partial charge in [-0.3, -0.25) is 9.80 Å². The Morgan fingerprint density at radius 3 is 2.53 bits per heavy atom. The average Bonchev–Trinajstić information content (AvgIpc) is 2.78. The third-order valence-electron chi connectivity index (χ3n) is 4.58. The first-order valence-corrected chi connectivity index (χ1v) is 9.46. The van der Waals surface area contributed by atoms with Gasteiger partial charge in [0.25, 0.3) is 0 Å². The number of carbonyl (C=O) groups excluding carboxylic acids is 2.